The number of nitrogens with zero attached hydrogens (tertiary/aromatic N) is 1. The van der Waals surface area contributed by atoms with Crippen molar-refractivity contribution < 1.29 is 19.5 Å². The van der Waals surface area contributed by atoms with Gasteiger partial charge in [-0.15, -0.1) is 0 Å². The predicted octanol–water partition coefficient (Wildman–Crippen LogP) is -0.260. The summed E-state index contributed by atoms with van der Waals surface area (Å²) in [5, 5.41) is 14.5. The van der Waals surface area contributed by atoms with Crippen molar-refractivity contribution in [1.29, 1.82) is 0 Å². The first-order chi connectivity index (χ1) is 6.50. The highest BCUT2D eigenvalue weighted by Crippen LogP contribution is 2.10. The number of hydrogen-bond acceptors (Lipinski definition) is 4. The number of carbonyl (C=O) groups excluding carboxylic acids is 1. The number of hydrogen-bond donors (Lipinski definition) is 2. The Morgan fingerprint density at radius 1 is 1.64 bits per heavy atom. The minimum Gasteiger partial charge on any atom is -0.477 e. The highest BCUT2D eigenvalue weighted by molar-refractivity contribution is 6.36. The Hall–Kier alpha value is -1.59. The standard InChI is InChI=1S/C8H12N2O4/c1-4(2)9-7(11)6-3-5(8(12)13)10-14-6/h4,6H,3H2,1-2H3,(H,9,11)(H,12,13). The van der Waals surface area contributed by atoms with Crippen LogP contribution < -0.4 is 5.32 Å². The van der Waals surface area contributed by atoms with Crippen LogP contribution in [0.4, 0.5) is 0 Å². The first kappa shape index (κ1) is 10.5. The molecular weight excluding hydrogens is 188 g/mol. The second kappa shape index (κ2) is 4.08. The molecule has 1 unspecified atom stereocenters. The molecule has 0 aromatic carbocycles. The lowest BCUT2D eigenvalue weighted by Crippen LogP contribution is -2.39. The molecule has 1 heterocycles. The summed E-state index contributed by atoms with van der Waals surface area (Å²) in [4.78, 5) is 26.5. The average molecular weight is 200 g/mol. The Morgan fingerprint density at radius 2 is 2.29 bits per heavy atom. The number of carboxylic acid groups (broad SMARTS) is 1. The van der Waals surface area contributed by atoms with E-state index in [0.717, 1.165) is 0 Å². The Morgan fingerprint density at radius 3 is 2.71 bits per heavy atom. The molecule has 0 fully saturated rings. The van der Waals surface area contributed by atoms with E-state index in [1.807, 2.05) is 13.8 Å². The van der Waals surface area contributed by atoms with Crippen LogP contribution in [0.15, 0.2) is 5.16 Å². The van der Waals surface area contributed by atoms with Crippen LogP contribution in [0.2, 0.25) is 0 Å². The molecule has 2 N–H and O–H groups in total. The molecule has 1 rings (SSSR count). The first-order valence-corrected chi connectivity index (χ1v) is 4.27. The fraction of sp³-hybridized carbons (Fsp3) is 0.625. The maximum Gasteiger partial charge on any atom is 0.353 e. The van der Waals surface area contributed by atoms with Crippen LogP contribution in [0.3, 0.4) is 0 Å². The average Bonchev–Trinajstić information content (AvgIpc) is 2.50. The van der Waals surface area contributed by atoms with Gasteiger partial charge in [0.25, 0.3) is 5.91 Å². The molecule has 0 aromatic heterocycles. The van der Waals surface area contributed by atoms with E-state index in [9.17, 15) is 9.59 Å². The molecule has 1 aliphatic rings. The van der Waals surface area contributed by atoms with Gasteiger partial charge in [0.1, 0.15) is 0 Å². The van der Waals surface area contributed by atoms with E-state index in [1.165, 1.54) is 0 Å². The number of carboxylic acids is 1. The van der Waals surface area contributed by atoms with E-state index in [2.05, 4.69) is 15.3 Å². The van der Waals surface area contributed by atoms with E-state index in [-0.39, 0.29) is 24.1 Å². The third-order valence-electron chi connectivity index (χ3n) is 1.64. The quantitative estimate of drug-likeness (QED) is 0.657. The summed E-state index contributed by atoms with van der Waals surface area (Å²) in [6.07, 6.45) is -0.781. The zero-order chi connectivity index (χ0) is 10.7. The summed E-state index contributed by atoms with van der Waals surface area (Å²) in [7, 11) is 0. The molecule has 1 aliphatic heterocycles. The molecule has 0 spiro atoms. The topological polar surface area (TPSA) is 88.0 Å². The maximum atomic E-state index is 11.3. The number of oxime groups is 1. The van der Waals surface area contributed by atoms with Gasteiger partial charge in [0.05, 0.1) is 0 Å². The molecule has 78 valence electrons. The van der Waals surface area contributed by atoms with Crippen molar-refractivity contribution in [2.45, 2.75) is 32.4 Å². The van der Waals surface area contributed by atoms with Gasteiger partial charge in [-0.3, -0.25) is 4.79 Å². The Labute approximate surface area is 80.9 Å². The van der Waals surface area contributed by atoms with Gasteiger partial charge in [-0.05, 0) is 13.8 Å². The molecule has 0 saturated carbocycles. The van der Waals surface area contributed by atoms with Crippen molar-refractivity contribution in [3.63, 3.8) is 0 Å². The summed E-state index contributed by atoms with van der Waals surface area (Å²) in [5.41, 5.74) is -0.117. The Balaban J connectivity index is 2.45. The number of nitrogens with one attached hydrogen (secondary N) is 1. The zero-order valence-corrected chi connectivity index (χ0v) is 7.98. The highest BCUT2D eigenvalue weighted by atomic mass is 16.6. The monoisotopic (exact) mass is 200 g/mol. The lowest BCUT2D eigenvalue weighted by Gasteiger charge is -2.11. The normalized spacial score (nSPS) is 20.2. The Bertz CT molecular complexity index is 285. The van der Waals surface area contributed by atoms with Crippen molar-refractivity contribution in [2.24, 2.45) is 5.16 Å². The lowest BCUT2D eigenvalue weighted by molar-refractivity contribution is -0.131. The van der Waals surface area contributed by atoms with Crippen LogP contribution in [0.1, 0.15) is 20.3 Å². The number of rotatable bonds is 3. The second-order valence-corrected chi connectivity index (χ2v) is 3.30. The minimum absolute atomic E-state index is 0.0000203. The third kappa shape index (κ3) is 2.45. The molecule has 6 heteroatoms. The second-order valence-electron chi connectivity index (χ2n) is 3.30. The van der Waals surface area contributed by atoms with Crippen LogP contribution in [0.5, 0.6) is 0 Å². The maximum absolute atomic E-state index is 11.3. The van der Waals surface area contributed by atoms with Crippen LogP contribution in [-0.2, 0) is 14.4 Å². The van der Waals surface area contributed by atoms with Gasteiger partial charge in [-0.1, -0.05) is 5.16 Å². The molecular formula is C8H12N2O4. The Kier molecular flexibility index (Phi) is 3.06. The third-order valence-corrected chi connectivity index (χ3v) is 1.64. The lowest BCUT2D eigenvalue weighted by atomic mass is 10.1. The van der Waals surface area contributed by atoms with Gasteiger partial charge in [0, 0.05) is 12.5 Å². The van der Waals surface area contributed by atoms with E-state index in [1.54, 1.807) is 0 Å². The smallest absolute Gasteiger partial charge is 0.353 e. The molecule has 1 amide bonds. The largest absolute Gasteiger partial charge is 0.477 e. The SMILES string of the molecule is CC(C)NC(=O)C1CC(C(=O)O)=NO1. The van der Waals surface area contributed by atoms with Crippen LogP contribution >= 0.6 is 0 Å². The molecule has 6 nitrogen and oxygen atoms in total. The zero-order valence-electron chi connectivity index (χ0n) is 7.98. The van der Waals surface area contributed by atoms with Crippen molar-refractivity contribution in [3.8, 4) is 0 Å². The van der Waals surface area contributed by atoms with Gasteiger partial charge in [0.2, 0.25) is 6.10 Å². The van der Waals surface area contributed by atoms with Crippen molar-refractivity contribution in [2.75, 3.05) is 0 Å². The number of carbonyl (C=O) groups is 2. The van der Waals surface area contributed by atoms with Crippen molar-refractivity contribution in [3.05, 3.63) is 0 Å². The van der Waals surface area contributed by atoms with Gasteiger partial charge < -0.3 is 15.3 Å². The highest BCUT2D eigenvalue weighted by Gasteiger charge is 2.31. The first-order valence-electron chi connectivity index (χ1n) is 4.27. The van der Waals surface area contributed by atoms with Gasteiger partial charge >= 0.3 is 5.97 Å². The number of amides is 1. The molecule has 0 aliphatic carbocycles. The summed E-state index contributed by atoms with van der Waals surface area (Å²) < 4.78 is 0. The van der Waals surface area contributed by atoms with Crippen LogP contribution in [0.25, 0.3) is 0 Å². The summed E-state index contributed by atoms with van der Waals surface area (Å²) in [6.45, 7) is 3.62. The van der Waals surface area contributed by atoms with Gasteiger partial charge in [-0.2, -0.15) is 0 Å². The minimum atomic E-state index is -1.15. The van der Waals surface area contributed by atoms with Gasteiger partial charge in [0.15, 0.2) is 5.71 Å². The van der Waals surface area contributed by atoms with Crippen LogP contribution in [-0.4, -0.2) is 34.8 Å². The predicted molar refractivity (Wildman–Crippen MR) is 47.8 cm³/mol. The molecule has 0 saturated heterocycles. The van der Waals surface area contributed by atoms with Gasteiger partial charge in [-0.25, -0.2) is 4.79 Å². The molecule has 0 aromatic rings. The van der Waals surface area contributed by atoms with E-state index in [4.69, 9.17) is 5.11 Å². The summed E-state index contributed by atoms with van der Waals surface area (Å²) in [5.74, 6) is -1.48. The fourth-order valence-electron chi connectivity index (χ4n) is 1.02. The van der Waals surface area contributed by atoms with Crippen molar-refractivity contribution >= 4 is 17.6 Å². The molecule has 1 atom stereocenters. The van der Waals surface area contributed by atoms with Crippen LogP contribution in [0, 0.1) is 0 Å². The number of aliphatic carboxylic acids is 1. The van der Waals surface area contributed by atoms with E-state index < -0.39 is 12.1 Å². The summed E-state index contributed by atoms with van der Waals surface area (Å²) >= 11 is 0. The van der Waals surface area contributed by atoms with Crippen molar-refractivity contribution in [1.82, 2.24) is 5.32 Å². The van der Waals surface area contributed by atoms with E-state index >= 15 is 0 Å². The molecule has 14 heavy (non-hydrogen) atoms. The van der Waals surface area contributed by atoms with E-state index in [0.29, 0.717) is 0 Å². The molecule has 0 radical (unpaired) electrons. The fourth-order valence-corrected chi connectivity index (χ4v) is 1.02. The molecule has 0 bridgehead atoms. The summed E-state index contributed by atoms with van der Waals surface area (Å²) in [6, 6.07) is -0.0000203.